The van der Waals surface area contributed by atoms with E-state index in [1.807, 2.05) is 30.3 Å². The van der Waals surface area contributed by atoms with Crippen LogP contribution in [0.5, 0.6) is 0 Å². The normalized spacial score (nSPS) is 11.5. The molecule has 0 aliphatic rings. The quantitative estimate of drug-likeness (QED) is 0.606. The number of nitrogens with zero attached hydrogens (tertiary/aromatic N) is 2. The molecule has 0 saturated heterocycles. The number of amides is 1. The van der Waals surface area contributed by atoms with Gasteiger partial charge in [-0.1, -0.05) is 36.4 Å². The maximum Gasteiger partial charge on any atom is 0.242 e. The van der Waals surface area contributed by atoms with Crippen LogP contribution in [0.1, 0.15) is 5.56 Å². The van der Waals surface area contributed by atoms with E-state index in [1.54, 1.807) is 12.1 Å². The lowest BCUT2D eigenvalue weighted by Gasteiger charge is -2.08. The summed E-state index contributed by atoms with van der Waals surface area (Å²) in [6.07, 6.45) is 0.261. The van der Waals surface area contributed by atoms with Gasteiger partial charge in [-0.15, -0.1) is 0 Å². The van der Waals surface area contributed by atoms with E-state index in [9.17, 15) is 13.2 Å². The van der Waals surface area contributed by atoms with E-state index in [0.29, 0.717) is 11.0 Å². The number of benzene rings is 2. The molecule has 9 heteroatoms. The van der Waals surface area contributed by atoms with E-state index in [1.165, 1.54) is 6.07 Å². The van der Waals surface area contributed by atoms with E-state index >= 15 is 0 Å². The van der Waals surface area contributed by atoms with Crippen LogP contribution >= 0.6 is 11.7 Å². The van der Waals surface area contributed by atoms with Crippen molar-refractivity contribution in [2.24, 2.45) is 0 Å². The Bertz CT molecular complexity index is 971. The molecular formula is C16H16N4O3S2. The minimum absolute atomic E-state index is 0.0920. The molecule has 0 unspecified atom stereocenters. The summed E-state index contributed by atoms with van der Waals surface area (Å²) in [4.78, 5) is 11.9. The van der Waals surface area contributed by atoms with Crippen molar-refractivity contribution in [3.63, 3.8) is 0 Å². The third kappa shape index (κ3) is 4.38. The van der Waals surface area contributed by atoms with Crippen LogP contribution in [-0.2, 0) is 21.2 Å². The third-order valence-corrected chi connectivity index (χ3v) is 5.52. The Balaban J connectivity index is 1.53. The van der Waals surface area contributed by atoms with Crippen LogP contribution in [0.15, 0.2) is 53.4 Å². The average molecular weight is 376 g/mol. The minimum Gasteiger partial charge on any atom is -0.355 e. The zero-order valence-corrected chi connectivity index (χ0v) is 14.8. The molecule has 0 saturated carbocycles. The maximum absolute atomic E-state index is 12.4. The van der Waals surface area contributed by atoms with Crippen molar-refractivity contribution in [2.45, 2.75) is 11.3 Å². The van der Waals surface area contributed by atoms with E-state index < -0.39 is 10.0 Å². The summed E-state index contributed by atoms with van der Waals surface area (Å²) in [5.74, 6) is -0.156. The molecule has 2 aromatic carbocycles. The maximum atomic E-state index is 12.4. The van der Waals surface area contributed by atoms with Crippen LogP contribution in [0.4, 0.5) is 0 Å². The van der Waals surface area contributed by atoms with Crippen molar-refractivity contribution in [1.29, 1.82) is 0 Å². The predicted octanol–water partition coefficient (Wildman–Crippen LogP) is 1.33. The molecule has 0 aliphatic heterocycles. The molecule has 0 bridgehead atoms. The van der Waals surface area contributed by atoms with Crippen molar-refractivity contribution in [2.75, 3.05) is 13.1 Å². The highest BCUT2D eigenvalue weighted by Crippen LogP contribution is 2.20. The molecule has 3 aromatic rings. The van der Waals surface area contributed by atoms with Gasteiger partial charge in [0.25, 0.3) is 0 Å². The van der Waals surface area contributed by atoms with Crippen molar-refractivity contribution in [1.82, 2.24) is 18.8 Å². The van der Waals surface area contributed by atoms with Gasteiger partial charge in [0.1, 0.15) is 15.9 Å². The number of hydrogen-bond donors (Lipinski definition) is 2. The lowest BCUT2D eigenvalue weighted by Crippen LogP contribution is -2.35. The molecule has 130 valence electrons. The summed E-state index contributed by atoms with van der Waals surface area (Å²) in [7, 11) is -3.71. The highest BCUT2D eigenvalue weighted by molar-refractivity contribution is 7.89. The highest BCUT2D eigenvalue weighted by Gasteiger charge is 2.18. The summed E-state index contributed by atoms with van der Waals surface area (Å²) in [6.45, 7) is 0.299. The second kappa shape index (κ2) is 7.68. The van der Waals surface area contributed by atoms with Crippen LogP contribution in [-0.4, -0.2) is 36.2 Å². The van der Waals surface area contributed by atoms with E-state index in [-0.39, 0.29) is 30.3 Å². The Morgan fingerprint density at radius 1 is 1.00 bits per heavy atom. The molecule has 0 radical (unpaired) electrons. The number of aromatic nitrogens is 2. The number of sulfonamides is 1. The first kappa shape index (κ1) is 17.5. The fourth-order valence-electron chi connectivity index (χ4n) is 2.31. The summed E-state index contributed by atoms with van der Waals surface area (Å²) in [6, 6.07) is 14.2. The van der Waals surface area contributed by atoms with Crippen molar-refractivity contribution in [3.05, 3.63) is 54.1 Å². The zero-order chi connectivity index (χ0) is 17.7. The van der Waals surface area contributed by atoms with Gasteiger partial charge in [0.2, 0.25) is 15.9 Å². The number of fused-ring (bicyclic) bond motifs is 1. The minimum atomic E-state index is -3.71. The number of rotatable bonds is 7. The van der Waals surface area contributed by atoms with Crippen molar-refractivity contribution < 1.29 is 13.2 Å². The van der Waals surface area contributed by atoms with Gasteiger partial charge in [-0.25, -0.2) is 13.1 Å². The van der Waals surface area contributed by atoms with Crippen LogP contribution < -0.4 is 10.0 Å². The first-order chi connectivity index (χ1) is 12.1. The first-order valence-electron chi connectivity index (χ1n) is 7.58. The van der Waals surface area contributed by atoms with Crippen LogP contribution in [0.3, 0.4) is 0 Å². The summed E-state index contributed by atoms with van der Waals surface area (Å²) in [5, 5.41) is 2.70. The summed E-state index contributed by atoms with van der Waals surface area (Å²) >= 11 is 0.967. The number of carbonyl (C=O) groups excluding carboxylic acids is 1. The number of nitrogens with one attached hydrogen (secondary N) is 2. The lowest BCUT2D eigenvalue weighted by molar-refractivity contribution is -0.120. The molecule has 7 nitrogen and oxygen atoms in total. The van der Waals surface area contributed by atoms with Gasteiger partial charge >= 0.3 is 0 Å². The fourth-order valence-corrected chi connectivity index (χ4v) is 4.10. The van der Waals surface area contributed by atoms with Crippen LogP contribution in [0, 0.1) is 0 Å². The average Bonchev–Trinajstić information content (AvgIpc) is 3.08. The zero-order valence-electron chi connectivity index (χ0n) is 13.2. The summed E-state index contributed by atoms with van der Waals surface area (Å²) in [5.41, 5.74) is 1.81. The Kier molecular flexibility index (Phi) is 5.37. The van der Waals surface area contributed by atoms with Crippen LogP contribution in [0.25, 0.3) is 11.0 Å². The Morgan fingerprint density at radius 3 is 2.60 bits per heavy atom. The molecule has 25 heavy (non-hydrogen) atoms. The monoisotopic (exact) mass is 376 g/mol. The second-order valence-electron chi connectivity index (χ2n) is 5.30. The molecule has 0 fully saturated rings. The number of hydrogen-bond acceptors (Lipinski definition) is 6. The third-order valence-electron chi connectivity index (χ3n) is 3.49. The molecule has 1 amide bonds. The molecular weight excluding hydrogens is 360 g/mol. The SMILES string of the molecule is O=C(Cc1ccccc1)NCCNS(=O)(=O)c1cccc2nsnc12. The van der Waals surface area contributed by atoms with Gasteiger partial charge in [-0.3, -0.25) is 4.79 Å². The smallest absolute Gasteiger partial charge is 0.242 e. The summed E-state index contributed by atoms with van der Waals surface area (Å²) < 4.78 is 35.3. The van der Waals surface area contributed by atoms with Crippen molar-refractivity contribution >= 4 is 38.7 Å². The Hall–Kier alpha value is -2.36. The van der Waals surface area contributed by atoms with Gasteiger partial charge in [-0.2, -0.15) is 8.75 Å². The molecule has 0 atom stereocenters. The van der Waals surface area contributed by atoms with Gasteiger partial charge < -0.3 is 5.32 Å². The molecule has 1 aromatic heterocycles. The fraction of sp³-hybridized carbons (Fsp3) is 0.188. The van der Waals surface area contributed by atoms with Crippen molar-refractivity contribution in [3.8, 4) is 0 Å². The Morgan fingerprint density at radius 2 is 1.80 bits per heavy atom. The standard InChI is InChI=1S/C16H16N4O3S2/c21-15(11-12-5-2-1-3-6-12)17-9-10-18-25(22,23)14-8-4-7-13-16(14)20-24-19-13/h1-8,18H,9-11H2,(H,17,21). The predicted molar refractivity (Wildman–Crippen MR) is 95.8 cm³/mol. The topological polar surface area (TPSA) is 101 Å². The highest BCUT2D eigenvalue weighted by atomic mass is 32.2. The van der Waals surface area contributed by atoms with Gasteiger partial charge in [0.15, 0.2) is 0 Å². The number of carbonyl (C=O) groups is 1. The van der Waals surface area contributed by atoms with Gasteiger partial charge in [0, 0.05) is 13.1 Å². The largest absolute Gasteiger partial charge is 0.355 e. The van der Waals surface area contributed by atoms with Gasteiger partial charge in [0.05, 0.1) is 18.1 Å². The second-order valence-corrected chi connectivity index (χ2v) is 7.56. The van der Waals surface area contributed by atoms with Gasteiger partial charge in [-0.05, 0) is 17.7 Å². The molecule has 0 aliphatic carbocycles. The first-order valence-corrected chi connectivity index (χ1v) is 9.79. The van der Waals surface area contributed by atoms with Crippen LogP contribution in [0.2, 0.25) is 0 Å². The van der Waals surface area contributed by atoms with E-state index in [4.69, 9.17) is 0 Å². The van der Waals surface area contributed by atoms with E-state index in [0.717, 1.165) is 17.3 Å². The molecule has 0 spiro atoms. The molecule has 2 N–H and O–H groups in total. The van der Waals surface area contributed by atoms with E-state index in [2.05, 4.69) is 18.8 Å². The lowest BCUT2D eigenvalue weighted by atomic mass is 10.1. The molecule has 3 rings (SSSR count). The Labute approximate surface area is 149 Å². The molecule has 1 heterocycles.